The van der Waals surface area contributed by atoms with Crippen LogP contribution in [0.1, 0.15) is 21.8 Å². The lowest BCUT2D eigenvalue weighted by Crippen LogP contribution is -1.94. The number of nitrogens with zero attached hydrogens (tertiary/aromatic N) is 1. The molecule has 0 atom stereocenters. The highest BCUT2D eigenvalue weighted by Gasteiger charge is 2.10. The van der Waals surface area contributed by atoms with Gasteiger partial charge < -0.3 is 9.63 Å². The van der Waals surface area contributed by atoms with Gasteiger partial charge in [0.05, 0.1) is 0 Å². The van der Waals surface area contributed by atoms with Crippen LogP contribution in [-0.2, 0) is 6.42 Å². The Hall–Kier alpha value is -1.62. The molecule has 2 aromatic rings. The van der Waals surface area contributed by atoms with Gasteiger partial charge in [-0.1, -0.05) is 33.2 Å². The van der Waals surface area contributed by atoms with E-state index in [-0.39, 0.29) is 5.69 Å². The molecular weight excluding hydrogens is 274 g/mol. The van der Waals surface area contributed by atoms with E-state index in [1.54, 1.807) is 0 Å². The van der Waals surface area contributed by atoms with Crippen molar-refractivity contribution < 1.29 is 14.4 Å². The molecule has 0 saturated carbocycles. The summed E-state index contributed by atoms with van der Waals surface area (Å²) in [6.07, 6.45) is 0.535. The lowest BCUT2D eigenvalue weighted by Gasteiger charge is -1.96. The molecule has 0 radical (unpaired) electrons. The summed E-state index contributed by atoms with van der Waals surface area (Å²) in [6, 6.07) is 9.15. The van der Waals surface area contributed by atoms with Gasteiger partial charge in [-0.2, -0.15) is 0 Å². The summed E-state index contributed by atoms with van der Waals surface area (Å²) >= 11 is 3.34. The van der Waals surface area contributed by atoms with E-state index < -0.39 is 5.97 Å². The minimum absolute atomic E-state index is 0.0629. The first-order valence-corrected chi connectivity index (χ1v) is 5.38. The fraction of sp³-hybridized carbons (Fsp3) is 0.0909. The summed E-state index contributed by atoms with van der Waals surface area (Å²) in [6.45, 7) is 0. The predicted octanol–water partition coefficient (Wildman–Crippen LogP) is 2.73. The highest BCUT2D eigenvalue weighted by atomic mass is 79.9. The van der Waals surface area contributed by atoms with Crippen molar-refractivity contribution in [3.63, 3.8) is 0 Å². The lowest BCUT2D eigenvalue weighted by atomic mass is 10.1. The second-order valence-corrected chi connectivity index (χ2v) is 4.20. The van der Waals surface area contributed by atoms with Crippen molar-refractivity contribution in [2.24, 2.45) is 0 Å². The van der Waals surface area contributed by atoms with E-state index in [0.717, 1.165) is 10.0 Å². The third-order valence-corrected chi connectivity index (χ3v) is 2.60. The summed E-state index contributed by atoms with van der Waals surface area (Å²) in [5.74, 6) is -0.537. The van der Waals surface area contributed by atoms with Crippen molar-refractivity contribution in [3.05, 3.63) is 51.8 Å². The summed E-state index contributed by atoms with van der Waals surface area (Å²) in [4.78, 5) is 10.6. The third kappa shape index (κ3) is 2.49. The number of aromatic nitrogens is 1. The molecule has 0 aliphatic heterocycles. The number of carbonyl (C=O) groups is 1. The molecular formula is C11H8BrNO3. The number of carboxylic acid groups (broad SMARTS) is 1. The molecule has 5 heteroatoms. The Morgan fingerprint density at radius 3 is 2.62 bits per heavy atom. The van der Waals surface area contributed by atoms with Crippen LogP contribution in [0.2, 0.25) is 0 Å². The quantitative estimate of drug-likeness (QED) is 0.940. The zero-order valence-corrected chi connectivity index (χ0v) is 9.77. The number of hydrogen-bond donors (Lipinski definition) is 1. The number of rotatable bonds is 3. The van der Waals surface area contributed by atoms with Crippen LogP contribution in [0.25, 0.3) is 0 Å². The molecule has 0 aliphatic rings. The van der Waals surface area contributed by atoms with Gasteiger partial charge in [-0.25, -0.2) is 4.79 Å². The first-order valence-electron chi connectivity index (χ1n) is 4.58. The maximum atomic E-state index is 10.6. The molecule has 0 amide bonds. The van der Waals surface area contributed by atoms with E-state index >= 15 is 0 Å². The number of aromatic carboxylic acids is 1. The number of halogens is 1. The van der Waals surface area contributed by atoms with E-state index in [0.29, 0.717) is 12.2 Å². The Bertz CT molecular complexity index is 504. The molecule has 82 valence electrons. The van der Waals surface area contributed by atoms with Crippen molar-refractivity contribution in [3.8, 4) is 0 Å². The molecule has 1 aromatic heterocycles. The fourth-order valence-electron chi connectivity index (χ4n) is 1.30. The molecule has 0 bridgehead atoms. The lowest BCUT2D eigenvalue weighted by molar-refractivity contribution is 0.0685. The second kappa shape index (κ2) is 4.49. The zero-order chi connectivity index (χ0) is 11.5. The maximum Gasteiger partial charge on any atom is 0.358 e. The molecule has 1 heterocycles. The average Bonchev–Trinajstić information content (AvgIpc) is 2.70. The van der Waals surface area contributed by atoms with E-state index in [2.05, 4.69) is 21.1 Å². The van der Waals surface area contributed by atoms with Gasteiger partial charge in [-0.3, -0.25) is 0 Å². The van der Waals surface area contributed by atoms with Gasteiger partial charge in [0, 0.05) is 17.0 Å². The molecule has 0 fully saturated rings. The standard InChI is InChI=1S/C11H8BrNO3/c12-8-3-1-7(2-4-8)5-9-6-10(11(14)15)13-16-9/h1-4,6H,5H2,(H,14,15). The molecule has 0 spiro atoms. The zero-order valence-electron chi connectivity index (χ0n) is 8.18. The predicted molar refractivity (Wildman–Crippen MR) is 60.4 cm³/mol. The monoisotopic (exact) mass is 281 g/mol. The van der Waals surface area contributed by atoms with Gasteiger partial charge in [-0.05, 0) is 17.7 Å². The van der Waals surface area contributed by atoms with Crippen molar-refractivity contribution >= 4 is 21.9 Å². The Morgan fingerprint density at radius 2 is 2.06 bits per heavy atom. The van der Waals surface area contributed by atoms with Crippen molar-refractivity contribution in [2.45, 2.75) is 6.42 Å². The highest BCUT2D eigenvalue weighted by molar-refractivity contribution is 9.10. The van der Waals surface area contributed by atoms with Crippen LogP contribution < -0.4 is 0 Å². The van der Waals surface area contributed by atoms with E-state index in [4.69, 9.17) is 9.63 Å². The van der Waals surface area contributed by atoms with Gasteiger partial charge in [-0.15, -0.1) is 0 Å². The molecule has 4 nitrogen and oxygen atoms in total. The van der Waals surface area contributed by atoms with E-state index in [1.165, 1.54) is 6.07 Å². The van der Waals surface area contributed by atoms with Crippen molar-refractivity contribution in [1.82, 2.24) is 5.16 Å². The first-order chi connectivity index (χ1) is 7.65. The van der Waals surface area contributed by atoms with Crippen LogP contribution in [0, 0.1) is 0 Å². The molecule has 0 saturated heterocycles. The Morgan fingerprint density at radius 1 is 1.38 bits per heavy atom. The molecule has 16 heavy (non-hydrogen) atoms. The van der Waals surface area contributed by atoms with Gasteiger partial charge >= 0.3 is 5.97 Å². The largest absolute Gasteiger partial charge is 0.476 e. The molecule has 0 unspecified atom stereocenters. The third-order valence-electron chi connectivity index (χ3n) is 2.07. The number of hydrogen-bond acceptors (Lipinski definition) is 3. The minimum atomic E-state index is -1.08. The van der Waals surface area contributed by atoms with Crippen LogP contribution in [0.5, 0.6) is 0 Å². The summed E-state index contributed by atoms with van der Waals surface area (Å²) in [5, 5.41) is 12.1. The molecule has 1 N–H and O–H groups in total. The smallest absolute Gasteiger partial charge is 0.358 e. The Kier molecular flexibility index (Phi) is 3.05. The summed E-state index contributed by atoms with van der Waals surface area (Å²) in [5.41, 5.74) is 0.975. The normalized spacial score (nSPS) is 10.3. The number of carboxylic acids is 1. The summed E-state index contributed by atoms with van der Waals surface area (Å²) < 4.78 is 5.92. The van der Waals surface area contributed by atoms with E-state index in [1.807, 2.05) is 24.3 Å². The van der Waals surface area contributed by atoms with Crippen molar-refractivity contribution in [2.75, 3.05) is 0 Å². The van der Waals surface area contributed by atoms with Crippen LogP contribution >= 0.6 is 15.9 Å². The van der Waals surface area contributed by atoms with Gasteiger partial charge in [0.25, 0.3) is 0 Å². The Labute approximate surface area is 100 Å². The van der Waals surface area contributed by atoms with Crippen LogP contribution in [0.15, 0.2) is 39.3 Å². The first kappa shape index (κ1) is 10.9. The maximum absolute atomic E-state index is 10.6. The van der Waals surface area contributed by atoms with Crippen LogP contribution in [0.4, 0.5) is 0 Å². The van der Waals surface area contributed by atoms with Gasteiger partial charge in [0.1, 0.15) is 5.76 Å². The SMILES string of the molecule is O=C(O)c1cc(Cc2ccc(Br)cc2)on1. The van der Waals surface area contributed by atoms with Crippen molar-refractivity contribution in [1.29, 1.82) is 0 Å². The topological polar surface area (TPSA) is 63.3 Å². The van der Waals surface area contributed by atoms with Crippen LogP contribution in [0.3, 0.4) is 0 Å². The average molecular weight is 282 g/mol. The molecule has 1 aromatic carbocycles. The van der Waals surface area contributed by atoms with Gasteiger partial charge in [0.15, 0.2) is 5.69 Å². The van der Waals surface area contributed by atoms with Gasteiger partial charge in [0.2, 0.25) is 0 Å². The molecule has 0 aliphatic carbocycles. The Balaban J connectivity index is 2.14. The van der Waals surface area contributed by atoms with E-state index in [9.17, 15) is 4.79 Å². The fourth-order valence-corrected chi connectivity index (χ4v) is 1.56. The number of benzene rings is 1. The van der Waals surface area contributed by atoms with Crippen LogP contribution in [-0.4, -0.2) is 16.2 Å². The highest BCUT2D eigenvalue weighted by Crippen LogP contribution is 2.14. The second-order valence-electron chi connectivity index (χ2n) is 3.29. The summed E-state index contributed by atoms with van der Waals surface area (Å²) in [7, 11) is 0. The molecule has 2 rings (SSSR count). The minimum Gasteiger partial charge on any atom is -0.476 e.